The first-order valence-corrected chi connectivity index (χ1v) is 7.45. The molecule has 0 unspecified atom stereocenters. The first-order valence-electron chi connectivity index (χ1n) is 7.45. The van der Waals surface area contributed by atoms with Crippen molar-refractivity contribution in [1.82, 2.24) is 0 Å². The maximum absolute atomic E-state index is 9.37. The van der Waals surface area contributed by atoms with Crippen LogP contribution in [-0.4, -0.2) is 22.2 Å². The molecule has 0 aromatic rings. The minimum absolute atomic E-state index is 0. The predicted molar refractivity (Wildman–Crippen MR) is 86.1 cm³/mol. The van der Waals surface area contributed by atoms with Gasteiger partial charge in [0.15, 0.2) is 0 Å². The van der Waals surface area contributed by atoms with E-state index in [-0.39, 0.29) is 34.6 Å². The summed E-state index contributed by atoms with van der Waals surface area (Å²) in [5.74, 6) is -1.49. The van der Waals surface area contributed by atoms with Crippen LogP contribution < -0.4 is 0 Å². The van der Waals surface area contributed by atoms with Gasteiger partial charge in [0, 0.05) is 12.8 Å². The topological polar surface area (TPSA) is 74.6 Å². The van der Waals surface area contributed by atoms with Gasteiger partial charge in [-0.2, -0.15) is 12.2 Å². The molecule has 23 heavy (non-hydrogen) atoms. The summed E-state index contributed by atoms with van der Waals surface area (Å²) in [4.78, 5) is 18.7. The maximum atomic E-state index is 9.37. The smallest absolute Gasteiger partial charge is 0.481 e. The quantitative estimate of drug-likeness (QED) is 0.577. The minimum Gasteiger partial charge on any atom is -0.481 e. The van der Waals surface area contributed by atoms with Crippen LogP contribution in [0.3, 0.4) is 0 Å². The average molecular weight is 352 g/mol. The van der Waals surface area contributed by atoms with Crippen LogP contribution in [0, 0.1) is 12.2 Å². The van der Waals surface area contributed by atoms with Gasteiger partial charge in [0.25, 0.3) is 0 Å². The summed E-state index contributed by atoms with van der Waals surface area (Å²) in [5.41, 5.74) is 2.73. The first kappa shape index (κ1) is 23.9. The van der Waals surface area contributed by atoms with Crippen molar-refractivity contribution in [3.8, 4) is 0 Å². The van der Waals surface area contributed by atoms with Crippen LogP contribution in [0.1, 0.15) is 52.4 Å². The Morgan fingerprint density at radius 3 is 1.39 bits per heavy atom. The second-order valence-electron chi connectivity index (χ2n) is 4.61. The summed E-state index contributed by atoms with van der Waals surface area (Å²) < 4.78 is 0. The molecule has 5 heteroatoms. The number of hydrogen-bond acceptors (Lipinski definition) is 2. The molecule has 0 saturated carbocycles. The zero-order chi connectivity index (χ0) is 16.8. The van der Waals surface area contributed by atoms with Gasteiger partial charge in [0.1, 0.15) is 0 Å². The molecule has 0 atom stereocenters. The zero-order valence-corrected chi connectivity index (χ0v) is 15.3. The van der Waals surface area contributed by atoms with Crippen molar-refractivity contribution < 1.29 is 41.5 Å². The number of hydrogen-bond donors (Lipinski definition) is 2. The minimum atomic E-state index is -0.745. The van der Waals surface area contributed by atoms with Crippen LogP contribution in [0.25, 0.3) is 0 Å². The fourth-order valence-electron chi connectivity index (χ4n) is 1.51. The molecule has 0 aliphatic heterocycles. The molecule has 0 fully saturated rings. The van der Waals surface area contributed by atoms with Gasteiger partial charge in [-0.25, -0.2) is 23.3 Å². The fraction of sp³-hybridized carbons (Fsp3) is 0.444. The van der Waals surface area contributed by atoms with E-state index in [1.54, 1.807) is 13.8 Å². The van der Waals surface area contributed by atoms with Crippen LogP contribution in [0.15, 0.2) is 35.5 Å². The fourth-order valence-corrected chi connectivity index (χ4v) is 1.51. The van der Waals surface area contributed by atoms with Crippen molar-refractivity contribution in [3.05, 3.63) is 47.6 Å². The molecule has 124 valence electrons. The van der Waals surface area contributed by atoms with Crippen LogP contribution in [-0.2, 0) is 31.3 Å². The number of carboxylic acid groups (broad SMARTS) is 2. The van der Waals surface area contributed by atoms with Gasteiger partial charge in [0.2, 0.25) is 0 Å². The summed E-state index contributed by atoms with van der Waals surface area (Å²) in [6, 6.07) is 0. The molecule has 2 aliphatic rings. The van der Waals surface area contributed by atoms with Crippen LogP contribution in [0.5, 0.6) is 0 Å². The Morgan fingerprint density at radius 1 is 0.913 bits per heavy atom. The van der Waals surface area contributed by atoms with E-state index in [1.807, 2.05) is 0 Å². The molecular formula is C18H24O4Ti. The first-order chi connectivity index (χ1) is 10.5. The standard InChI is InChI=1S/C12H12.2C3H6O2.Ti/c1-2-6-11(5-1)9-10-12-7-3-4-8-12;2*1-2-3(4)5;/h1,3,5,7H,2,4,9-10H2;2*2H2,1H3,(H,4,5);/q-2;;;+2. The van der Waals surface area contributed by atoms with Gasteiger partial charge < -0.3 is 10.2 Å². The SMILES string of the molecule is CCC(=O)O.CCC(=O)O.[C-]1=C(CCC2=[C-]CC=C2)C=CC1.[Ti+2]. The predicted octanol–water partition coefficient (Wildman–Crippen LogP) is 4.11. The Balaban J connectivity index is 0. The van der Waals surface area contributed by atoms with Crippen molar-refractivity contribution in [2.45, 2.75) is 52.4 Å². The third kappa shape index (κ3) is 15.3. The van der Waals surface area contributed by atoms with Crippen molar-refractivity contribution in [2.75, 3.05) is 0 Å². The molecule has 0 spiro atoms. The molecule has 0 aromatic carbocycles. The van der Waals surface area contributed by atoms with E-state index in [0.29, 0.717) is 0 Å². The molecule has 0 amide bonds. The third-order valence-corrected chi connectivity index (χ3v) is 2.80. The molecule has 2 aliphatic carbocycles. The van der Waals surface area contributed by atoms with Crippen LogP contribution in [0.4, 0.5) is 0 Å². The second-order valence-corrected chi connectivity index (χ2v) is 4.61. The molecule has 0 bridgehead atoms. The van der Waals surface area contributed by atoms with Gasteiger partial charge in [-0.3, -0.25) is 21.7 Å². The number of allylic oxidation sites excluding steroid dienone is 8. The second kappa shape index (κ2) is 15.5. The van der Waals surface area contributed by atoms with Crippen molar-refractivity contribution in [2.24, 2.45) is 0 Å². The van der Waals surface area contributed by atoms with Gasteiger partial charge in [-0.05, 0) is 0 Å². The molecule has 0 radical (unpaired) electrons. The summed E-state index contributed by atoms with van der Waals surface area (Å²) in [6.07, 6.45) is 20.0. The molecule has 2 N–H and O–H groups in total. The Labute approximate surface area is 153 Å². The van der Waals surface area contributed by atoms with Gasteiger partial charge in [-0.15, -0.1) is 12.8 Å². The van der Waals surface area contributed by atoms with Gasteiger partial charge >= 0.3 is 33.7 Å². The zero-order valence-electron chi connectivity index (χ0n) is 13.8. The third-order valence-electron chi connectivity index (χ3n) is 2.80. The Morgan fingerprint density at radius 2 is 1.22 bits per heavy atom. The summed E-state index contributed by atoms with van der Waals surface area (Å²) in [7, 11) is 0. The molecule has 0 heterocycles. The normalized spacial score (nSPS) is 13.7. The van der Waals surface area contributed by atoms with Gasteiger partial charge in [-0.1, -0.05) is 26.7 Å². The Bertz CT molecular complexity index is 429. The number of aliphatic carboxylic acids is 2. The van der Waals surface area contributed by atoms with E-state index in [2.05, 4.69) is 36.5 Å². The molecule has 4 nitrogen and oxygen atoms in total. The van der Waals surface area contributed by atoms with Crippen molar-refractivity contribution >= 4 is 11.9 Å². The summed E-state index contributed by atoms with van der Waals surface area (Å²) in [5, 5.41) is 15.4. The Kier molecular flexibility index (Phi) is 16.1. The molecule has 0 saturated heterocycles. The maximum Gasteiger partial charge on any atom is 2.00 e. The van der Waals surface area contributed by atoms with Crippen molar-refractivity contribution in [1.29, 1.82) is 0 Å². The van der Waals surface area contributed by atoms with Gasteiger partial charge in [0.05, 0.1) is 0 Å². The van der Waals surface area contributed by atoms with E-state index >= 15 is 0 Å². The van der Waals surface area contributed by atoms with E-state index in [9.17, 15) is 9.59 Å². The largest absolute Gasteiger partial charge is 2.00 e. The summed E-state index contributed by atoms with van der Waals surface area (Å²) in [6.45, 7) is 3.20. The number of carbonyl (C=O) groups is 2. The Hall–Kier alpha value is -1.39. The van der Waals surface area contributed by atoms with E-state index < -0.39 is 11.9 Å². The molecule has 0 aromatic heterocycles. The number of carboxylic acids is 2. The van der Waals surface area contributed by atoms with Crippen molar-refractivity contribution in [3.63, 3.8) is 0 Å². The monoisotopic (exact) mass is 352 g/mol. The van der Waals surface area contributed by atoms with E-state index in [1.165, 1.54) is 11.1 Å². The van der Waals surface area contributed by atoms with E-state index in [4.69, 9.17) is 10.2 Å². The van der Waals surface area contributed by atoms with Crippen LogP contribution in [0.2, 0.25) is 0 Å². The van der Waals surface area contributed by atoms with Crippen LogP contribution >= 0.6 is 0 Å². The average Bonchev–Trinajstić information content (AvgIpc) is 3.19. The van der Waals surface area contributed by atoms with E-state index in [0.717, 1.165) is 25.7 Å². The number of rotatable bonds is 5. The molecular weight excluding hydrogens is 328 g/mol. The molecule has 2 rings (SSSR count). The summed E-state index contributed by atoms with van der Waals surface area (Å²) >= 11 is 0.